The van der Waals surface area contributed by atoms with Crippen molar-refractivity contribution in [3.8, 4) is 0 Å². The van der Waals surface area contributed by atoms with E-state index in [9.17, 15) is 24.3 Å². The molecule has 6 rings (SSSR count). The minimum Gasteiger partial charge on any atom is -0.481 e. The zero-order valence-electron chi connectivity index (χ0n) is 32.1. The van der Waals surface area contributed by atoms with E-state index < -0.39 is 29.2 Å². The number of methoxy groups -OCH3 is 3. The molecule has 0 amide bonds. The lowest BCUT2D eigenvalue weighted by Crippen LogP contribution is -2.37. The summed E-state index contributed by atoms with van der Waals surface area (Å²) in [5.74, 6) is -3.41. The quantitative estimate of drug-likeness (QED) is 0.138. The molecular weight excluding hydrogens is 996 g/mol. The lowest BCUT2D eigenvalue weighted by Gasteiger charge is -2.35. The first-order valence-corrected chi connectivity index (χ1v) is 20.8. The van der Waals surface area contributed by atoms with Crippen molar-refractivity contribution < 1.29 is 38.5 Å². The van der Waals surface area contributed by atoms with E-state index in [0.717, 1.165) is 22.3 Å². The highest BCUT2D eigenvalue weighted by atomic mass is 79.9. The zero-order valence-corrected chi connectivity index (χ0v) is 38.4. The number of rotatable bonds is 9. The number of carbonyl (C=O) groups excluding carboxylic acids is 3. The van der Waals surface area contributed by atoms with Gasteiger partial charge in [-0.25, -0.2) is 14.6 Å². The fourth-order valence-corrected chi connectivity index (χ4v) is 10.9. The van der Waals surface area contributed by atoms with Crippen LogP contribution in [0.15, 0.2) is 47.8 Å². The first kappa shape index (κ1) is 42.5. The van der Waals surface area contributed by atoms with Gasteiger partial charge in [-0.3, -0.25) is 14.6 Å². The number of aliphatic carboxylic acids is 1. The number of H-pyrrole nitrogens is 2. The number of esters is 3. The Morgan fingerprint density at radius 3 is 2.07 bits per heavy atom. The number of nitrogens with one attached hydrogen (secondary N) is 2. The van der Waals surface area contributed by atoms with Crippen molar-refractivity contribution in [3.05, 3.63) is 92.8 Å². The van der Waals surface area contributed by atoms with E-state index in [1.165, 1.54) is 21.3 Å². The van der Waals surface area contributed by atoms with Crippen molar-refractivity contribution in [3.63, 3.8) is 0 Å². The summed E-state index contributed by atoms with van der Waals surface area (Å²) in [5, 5.41) is 9.83. The third-order valence-corrected chi connectivity index (χ3v) is 14.1. The molecule has 12 nitrogen and oxygen atoms in total. The van der Waals surface area contributed by atoms with Crippen LogP contribution in [0.5, 0.6) is 0 Å². The highest BCUT2D eigenvalue weighted by Gasteiger charge is 2.53. The second kappa shape index (κ2) is 16.3. The lowest BCUT2D eigenvalue weighted by atomic mass is 9.65. The molecule has 0 saturated heterocycles. The molecule has 8 bridgehead atoms. The maximum Gasteiger partial charge on any atom is 0.338 e. The molecule has 2 unspecified atom stereocenters. The predicted octanol–water partition coefficient (Wildman–Crippen LogP) is 9.78. The van der Waals surface area contributed by atoms with Gasteiger partial charge in [-0.15, -0.1) is 0 Å². The number of nitrogens with zero attached hydrogens (tertiary/aromatic N) is 2. The third-order valence-electron chi connectivity index (χ3n) is 11.0. The maximum absolute atomic E-state index is 13.9. The molecule has 5 heterocycles. The number of hydrogen-bond acceptors (Lipinski definition) is 9. The largest absolute Gasteiger partial charge is 0.481 e. The van der Waals surface area contributed by atoms with Crippen LogP contribution >= 0.6 is 63.7 Å². The highest BCUT2D eigenvalue weighted by Crippen LogP contribution is 2.56. The van der Waals surface area contributed by atoms with Gasteiger partial charge in [0, 0.05) is 24.3 Å². The standard InChI is InChI=1S/C41H38Br4N4O8/c1-9-19-16(2)31-28(43)37-23-13-10-22(39(53)56-7)26(40(54)57-8)41(23,5)38(49-37)30(45)33-18(4)20(11-14-24(50)51)35(48-33)29(44)36-21(12-15-25(52)55-6)17(3)32(47-36)27(42)34(19)46-31/h9-10,13,23,46,48H,1,11-12,14-15H2,2-8H3,(H,50,51). The first-order chi connectivity index (χ1) is 27.0. The van der Waals surface area contributed by atoms with Crippen LogP contribution in [0.2, 0.25) is 0 Å². The number of allylic oxidation sites excluding steroid dienone is 3. The molecule has 0 saturated carbocycles. The number of aromatic amines is 2. The summed E-state index contributed by atoms with van der Waals surface area (Å²) in [6.07, 6.45) is 5.54. The molecule has 298 valence electrons. The SMILES string of the molecule is C=Cc1c(C)c2[nH]c1c(Br)c1nc(c(Br)c3[nH]c(c(C)c3CCC(=O)O)c(Br)c3nc(c2Br)C2C=CC(C(=O)OC)=C(C(=O)OC)C32C)C(CCC(=O)OC)=C1C. The van der Waals surface area contributed by atoms with E-state index in [-0.39, 0.29) is 36.4 Å². The van der Waals surface area contributed by atoms with Crippen LogP contribution < -0.4 is 0 Å². The minimum absolute atomic E-state index is 0.0278. The monoisotopic (exact) mass is 1030 g/mol. The Hall–Kier alpha value is -4.12. The van der Waals surface area contributed by atoms with Crippen molar-refractivity contribution in [1.29, 1.82) is 0 Å². The van der Waals surface area contributed by atoms with Gasteiger partial charge in [-0.2, -0.15) is 0 Å². The molecule has 2 aliphatic heterocycles. The van der Waals surface area contributed by atoms with Crippen molar-refractivity contribution in [1.82, 2.24) is 19.9 Å². The van der Waals surface area contributed by atoms with Gasteiger partial charge in [0.15, 0.2) is 0 Å². The second-order valence-corrected chi connectivity index (χ2v) is 17.1. The Kier molecular flexibility index (Phi) is 12.1. The fourth-order valence-electron chi connectivity index (χ4n) is 7.94. The van der Waals surface area contributed by atoms with E-state index in [2.05, 4.69) is 80.3 Å². The number of hydrogen-bond donors (Lipinski definition) is 3. The number of carboxylic acid groups (broad SMARTS) is 1. The van der Waals surface area contributed by atoms with Gasteiger partial charge in [-0.05, 0) is 132 Å². The van der Waals surface area contributed by atoms with E-state index >= 15 is 0 Å². The minimum atomic E-state index is -1.30. The molecule has 3 aromatic rings. The molecule has 0 fully saturated rings. The molecule has 0 spiro atoms. The number of carboxylic acids is 1. The normalized spacial score (nSPS) is 17.4. The molecule has 0 radical (unpaired) electrons. The van der Waals surface area contributed by atoms with Crippen LogP contribution in [0.25, 0.3) is 39.3 Å². The summed E-state index contributed by atoms with van der Waals surface area (Å²) < 4.78 is 17.7. The molecule has 0 aromatic carbocycles. The average molecular weight is 1030 g/mol. The number of aryl methyl sites for hydroxylation is 3. The van der Waals surface area contributed by atoms with E-state index in [1.54, 1.807) is 12.2 Å². The topological polar surface area (TPSA) is 174 Å². The molecule has 16 heteroatoms. The van der Waals surface area contributed by atoms with Crippen molar-refractivity contribution in [2.45, 2.75) is 64.7 Å². The Balaban J connectivity index is 1.90. The van der Waals surface area contributed by atoms with Gasteiger partial charge in [0.25, 0.3) is 0 Å². The second-order valence-electron chi connectivity index (χ2n) is 13.9. The predicted molar refractivity (Wildman–Crippen MR) is 231 cm³/mol. The molecule has 3 N–H and O–H groups in total. The van der Waals surface area contributed by atoms with Gasteiger partial charge in [0.2, 0.25) is 0 Å². The summed E-state index contributed by atoms with van der Waals surface area (Å²) in [6.45, 7) is 11.7. The molecule has 57 heavy (non-hydrogen) atoms. The summed E-state index contributed by atoms with van der Waals surface area (Å²) in [7, 11) is 3.84. The van der Waals surface area contributed by atoms with Crippen LogP contribution in [-0.4, -0.2) is 70.2 Å². The van der Waals surface area contributed by atoms with Gasteiger partial charge in [-0.1, -0.05) is 24.8 Å². The number of halogens is 4. The van der Waals surface area contributed by atoms with Gasteiger partial charge in [0.1, 0.15) is 0 Å². The Morgan fingerprint density at radius 2 is 1.46 bits per heavy atom. The van der Waals surface area contributed by atoms with E-state index in [4.69, 9.17) is 24.2 Å². The van der Waals surface area contributed by atoms with Crippen LogP contribution in [0.1, 0.15) is 84.1 Å². The van der Waals surface area contributed by atoms with E-state index in [0.29, 0.717) is 80.3 Å². The lowest BCUT2D eigenvalue weighted by molar-refractivity contribution is -0.140. The van der Waals surface area contributed by atoms with Crippen LogP contribution in [0.3, 0.4) is 0 Å². The molecule has 3 aromatic heterocycles. The third kappa shape index (κ3) is 6.89. The fraction of sp³-hybridized carbons (Fsp3) is 0.317. The number of ether oxygens (including phenoxy) is 3. The Morgan fingerprint density at radius 1 is 0.825 bits per heavy atom. The van der Waals surface area contributed by atoms with E-state index in [1.807, 2.05) is 33.8 Å². The maximum atomic E-state index is 13.9. The summed E-state index contributed by atoms with van der Waals surface area (Å²) in [4.78, 5) is 69.3. The first-order valence-electron chi connectivity index (χ1n) is 17.7. The van der Waals surface area contributed by atoms with Gasteiger partial charge in [0.05, 0.1) is 101 Å². The molecule has 3 aliphatic rings. The highest BCUT2D eigenvalue weighted by molar-refractivity contribution is 9.11. The number of fused-ring (bicyclic) bond motifs is 11. The molecule has 1 aliphatic carbocycles. The molecular formula is C41H38Br4N4O8. The average Bonchev–Trinajstić information content (AvgIpc) is 3.91. The molecule has 2 atom stereocenters. The van der Waals surface area contributed by atoms with Crippen LogP contribution in [0.4, 0.5) is 0 Å². The van der Waals surface area contributed by atoms with Crippen molar-refractivity contribution in [2.24, 2.45) is 0 Å². The Labute approximate surface area is 361 Å². The summed E-state index contributed by atoms with van der Waals surface area (Å²) >= 11 is 15.5. The van der Waals surface area contributed by atoms with Crippen molar-refractivity contribution >= 4 is 127 Å². The smallest absolute Gasteiger partial charge is 0.338 e. The van der Waals surface area contributed by atoms with Crippen LogP contribution in [-0.2, 0) is 45.2 Å². The van der Waals surface area contributed by atoms with Crippen LogP contribution in [0, 0.1) is 13.8 Å². The summed E-state index contributed by atoms with van der Waals surface area (Å²) in [5.41, 5.74) is 8.07. The van der Waals surface area contributed by atoms with Gasteiger partial charge < -0.3 is 29.3 Å². The zero-order chi connectivity index (χ0) is 41.8. The number of aromatic nitrogens is 4. The van der Waals surface area contributed by atoms with Gasteiger partial charge >= 0.3 is 23.9 Å². The Bertz CT molecular complexity index is 2600. The van der Waals surface area contributed by atoms with Crippen molar-refractivity contribution in [2.75, 3.05) is 21.3 Å². The number of carbonyl (C=O) groups is 4. The summed E-state index contributed by atoms with van der Waals surface area (Å²) in [6, 6.07) is 0.